The van der Waals surface area contributed by atoms with Crippen molar-refractivity contribution >= 4 is 0 Å². The molecular weight excluding hydrogens is 238 g/mol. The number of nitrogens with one attached hydrogen (secondary N) is 1. The summed E-state index contributed by atoms with van der Waals surface area (Å²) >= 11 is 0. The summed E-state index contributed by atoms with van der Waals surface area (Å²) in [6.45, 7) is 1.39. The van der Waals surface area contributed by atoms with E-state index in [1.807, 2.05) is 43.4 Å². The van der Waals surface area contributed by atoms with Gasteiger partial charge < -0.3 is 14.8 Å². The van der Waals surface area contributed by atoms with Crippen LogP contribution in [0.1, 0.15) is 11.1 Å². The monoisotopic (exact) mass is 257 g/mol. The molecule has 3 nitrogen and oxygen atoms in total. The van der Waals surface area contributed by atoms with Crippen molar-refractivity contribution in [2.45, 2.75) is 13.2 Å². The van der Waals surface area contributed by atoms with Crippen molar-refractivity contribution in [1.82, 2.24) is 5.32 Å². The zero-order chi connectivity index (χ0) is 13.5. The van der Waals surface area contributed by atoms with E-state index >= 15 is 0 Å². The molecule has 0 radical (unpaired) electrons. The van der Waals surface area contributed by atoms with Crippen LogP contribution < -0.4 is 14.8 Å². The van der Waals surface area contributed by atoms with E-state index < -0.39 is 0 Å². The fraction of sp³-hybridized carbons (Fsp3) is 0.250. The van der Waals surface area contributed by atoms with E-state index in [2.05, 4.69) is 17.4 Å². The number of methoxy groups -OCH3 is 1. The van der Waals surface area contributed by atoms with E-state index in [1.165, 1.54) is 5.56 Å². The average molecular weight is 257 g/mol. The summed E-state index contributed by atoms with van der Waals surface area (Å²) in [5, 5.41) is 3.13. The third kappa shape index (κ3) is 4.00. The van der Waals surface area contributed by atoms with Gasteiger partial charge in [-0.1, -0.05) is 24.3 Å². The summed E-state index contributed by atoms with van der Waals surface area (Å²) < 4.78 is 11.0. The van der Waals surface area contributed by atoms with Gasteiger partial charge >= 0.3 is 0 Å². The lowest BCUT2D eigenvalue weighted by Crippen LogP contribution is -2.05. The molecule has 0 aliphatic rings. The van der Waals surface area contributed by atoms with Gasteiger partial charge in [-0.15, -0.1) is 0 Å². The van der Waals surface area contributed by atoms with Crippen molar-refractivity contribution in [3.8, 4) is 11.5 Å². The molecule has 3 heteroatoms. The van der Waals surface area contributed by atoms with Crippen molar-refractivity contribution in [2.75, 3.05) is 14.2 Å². The zero-order valence-electron chi connectivity index (χ0n) is 11.3. The van der Waals surface area contributed by atoms with Gasteiger partial charge in [0, 0.05) is 6.54 Å². The molecule has 19 heavy (non-hydrogen) atoms. The molecule has 0 saturated heterocycles. The summed E-state index contributed by atoms with van der Waals surface area (Å²) in [5.41, 5.74) is 2.31. The standard InChI is InChI=1S/C16H19NO2/c1-17-11-13-5-3-8-16(9-13)19-12-14-6-4-7-15(10-14)18-2/h3-10,17H,11-12H2,1-2H3. The minimum atomic E-state index is 0.542. The van der Waals surface area contributed by atoms with Gasteiger partial charge in [0.1, 0.15) is 18.1 Å². The molecule has 0 atom stereocenters. The third-order valence-electron chi connectivity index (χ3n) is 2.82. The Hall–Kier alpha value is -2.00. The van der Waals surface area contributed by atoms with Crippen molar-refractivity contribution < 1.29 is 9.47 Å². The summed E-state index contributed by atoms with van der Waals surface area (Å²) in [6, 6.07) is 16.0. The van der Waals surface area contributed by atoms with Crippen molar-refractivity contribution in [2.24, 2.45) is 0 Å². The maximum absolute atomic E-state index is 5.80. The van der Waals surface area contributed by atoms with Crippen molar-refractivity contribution in [3.05, 3.63) is 59.7 Å². The van der Waals surface area contributed by atoms with Gasteiger partial charge in [0.15, 0.2) is 0 Å². The van der Waals surface area contributed by atoms with Crippen molar-refractivity contribution in [1.29, 1.82) is 0 Å². The molecule has 0 aliphatic carbocycles. The molecular formula is C16H19NO2. The minimum absolute atomic E-state index is 0.542. The highest BCUT2D eigenvalue weighted by molar-refractivity contribution is 5.30. The first kappa shape index (κ1) is 13.4. The summed E-state index contributed by atoms with van der Waals surface area (Å²) in [5.74, 6) is 1.74. The smallest absolute Gasteiger partial charge is 0.120 e. The van der Waals surface area contributed by atoms with Crippen LogP contribution in [0.3, 0.4) is 0 Å². The SMILES string of the molecule is CNCc1cccc(OCc2cccc(OC)c2)c1. The fourth-order valence-electron chi connectivity index (χ4n) is 1.88. The Kier molecular flexibility index (Phi) is 4.81. The van der Waals surface area contributed by atoms with Gasteiger partial charge in [0.2, 0.25) is 0 Å². The van der Waals surface area contributed by atoms with Gasteiger partial charge in [-0.25, -0.2) is 0 Å². The topological polar surface area (TPSA) is 30.5 Å². The number of rotatable bonds is 6. The molecule has 0 heterocycles. The molecule has 2 aromatic rings. The average Bonchev–Trinajstić information content (AvgIpc) is 2.46. The Labute approximate surface area is 114 Å². The minimum Gasteiger partial charge on any atom is -0.497 e. The number of hydrogen-bond acceptors (Lipinski definition) is 3. The van der Waals surface area contributed by atoms with Crippen LogP contribution >= 0.6 is 0 Å². The zero-order valence-corrected chi connectivity index (χ0v) is 11.3. The Morgan fingerprint density at radius 2 is 1.63 bits per heavy atom. The quantitative estimate of drug-likeness (QED) is 0.863. The summed E-state index contributed by atoms with van der Waals surface area (Å²) in [7, 11) is 3.60. The molecule has 0 spiro atoms. The van der Waals surface area contributed by atoms with Gasteiger partial charge in [-0.3, -0.25) is 0 Å². The Bertz CT molecular complexity index is 526. The predicted octanol–water partition coefficient (Wildman–Crippen LogP) is 2.99. The van der Waals surface area contributed by atoms with E-state index in [0.717, 1.165) is 23.6 Å². The number of hydrogen-bond donors (Lipinski definition) is 1. The maximum Gasteiger partial charge on any atom is 0.120 e. The first-order valence-electron chi connectivity index (χ1n) is 6.31. The van der Waals surface area contributed by atoms with E-state index in [1.54, 1.807) is 7.11 Å². The first-order chi connectivity index (χ1) is 9.31. The summed E-state index contributed by atoms with van der Waals surface area (Å²) in [6.07, 6.45) is 0. The number of ether oxygens (including phenoxy) is 2. The van der Waals surface area contributed by atoms with E-state index in [0.29, 0.717) is 6.61 Å². The van der Waals surface area contributed by atoms with Gasteiger partial charge in [0.25, 0.3) is 0 Å². The second-order valence-corrected chi connectivity index (χ2v) is 4.32. The van der Waals surface area contributed by atoms with Crippen LogP contribution in [0, 0.1) is 0 Å². The molecule has 0 amide bonds. The molecule has 100 valence electrons. The van der Waals surface area contributed by atoms with Crippen LogP contribution in [0.2, 0.25) is 0 Å². The molecule has 0 fully saturated rings. The lowest BCUT2D eigenvalue weighted by molar-refractivity contribution is 0.305. The second kappa shape index (κ2) is 6.81. The van der Waals surface area contributed by atoms with E-state index in [9.17, 15) is 0 Å². The highest BCUT2D eigenvalue weighted by atomic mass is 16.5. The fourth-order valence-corrected chi connectivity index (χ4v) is 1.88. The van der Waals surface area contributed by atoms with E-state index in [4.69, 9.17) is 9.47 Å². The number of benzene rings is 2. The molecule has 0 aromatic heterocycles. The Morgan fingerprint density at radius 3 is 2.37 bits per heavy atom. The maximum atomic E-state index is 5.80. The summed E-state index contributed by atoms with van der Waals surface area (Å²) in [4.78, 5) is 0. The van der Waals surface area contributed by atoms with Gasteiger partial charge in [-0.2, -0.15) is 0 Å². The van der Waals surface area contributed by atoms with Crippen LogP contribution in [0.25, 0.3) is 0 Å². The normalized spacial score (nSPS) is 10.2. The molecule has 0 aliphatic heterocycles. The highest BCUT2D eigenvalue weighted by Crippen LogP contribution is 2.17. The molecule has 0 unspecified atom stereocenters. The Balaban J connectivity index is 1.99. The molecule has 0 bridgehead atoms. The molecule has 0 saturated carbocycles. The molecule has 1 N–H and O–H groups in total. The second-order valence-electron chi connectivity index (χ2n) is 4.32. The largest absolute Gasteiger partial charge is 0.497 e. The predicted molar refractivity (Wildman–Crippen MR) is 76.5 cm³/mol. The van der Waals surface area contributed by atoms with Crippen LogP contribution in [0.15, 0.2) is 48.5 Å². The molecule has 2 aromatic carbocycles. The lowest BCUT2D eigenvalue weighted by Gasteiger charge is -2.09. The third-order valence-corrected chi connectivity index (χ3v) is 2.82. The van der Waals surface area contributed by atoms with Crippen LogP contribution in [-0.4, -0.2) is 14.2 Å². The van der Waals surface area contributed by atoms with Crippen LogP contribution in [-0.2, 0) is 13.2 Å². The molecule has 2 rings (SSSR count). The lowest BCUT2D eigenvalue weighted by atomic mass is 10.2. The van der Waals surface area contributed by atoms with Gasteiger partial charge in [-0.05, 0) is 42.4 Å². The van der Waals surface area contributed by atoms with Crippen molar-refractivity contribution in [3.63, 3.8) is 0 Å². The van der Waals surface area contributed by atoms with Crippen LogP contribution in [0.5, 0.6) is 11.5 Å². The van der Waals surface area contributed by atoms with Gasteiger partial charge in [0.05, 0.1) is 7.11 Å². The Morgan fingerprint density at radius 1 is 0.947 bits per heavy atom. The highest BCUT2D eigenvalue weighted by Gasteiger charge is 1.99. The first-order valence-corrected chi connectivity index (χ1v) is 6.31. The van der Waals surface area contributed by atoms with Crippen LogP contribution in [0.4, 0.5) is 0 Å². The van der Waals surface area contributed by atoms with E-state index in [-0.39, 0.29) is 0 Å².